The van der Waals surface area contributed by atoms with E-state index in [9.17, 15) is 4.79 Å². The number of nitrogens with zero attached hydrogens (tertiary/aromatic N) is 3. The number of aromatic amines is 1. The number of hydrogen-bond donors (Lipinski definition) is 2. The normalized spacial score (nSPS) is 11.9. The Kier molecular flexibility index (Phi) is 4.65. The van der Waals surface area contributed by atoms with Crippen LogP contribution in [-0.2, 0) is 11.2 Å². The fraction of sp³-hybridized carbons (Fsp3) is 0.385. The molecule has 0 aliphatic heterocycles. The zero-order chi connectivity index (χ0) is 14.4. The van der Waals surface area contributed by atoms with Crippen LogP contribution in [0.3, 0.4) is 0 Å². The van der Waals surface area contributed by atoms with Gasteiger partial charge in [0.05, 0.1) is 7.11 Å². The maximum atomic E-state index is 11.8. The average molecular weight is 275 g/mol. The minimum Gasteiger partial charge on any atom is -0.496 e. The first-order valence-electron chi connectivity index (χ1n) is 6.34. The number of ether oxygens (including phenoxy) is 1. The molecule has 1 heterocycles. The van der Waals surface area contributed by atoms with E-state index in [1.165, 1.54) is 0 Å². The van der Waals surface area contributed by atoms with Crippen LogP contribution in [0, 0.1) is 5.92 Å². The molecule has 0 spiro atoms. The number of amides is 1. The Hall–Kier alpha value is -2.44. The number of aromatic nitrogens is 4. The van der Waals surface area contributed by atoms with Crippen molar-refractivity contribution in [3.8, 4) is 5.75 Å². The highest BCUT2D eigenvalue weighted by molar-refractivity contribution is 5.88. The first-order valence-corrected chi connectivity index (χ1v) is 6.34. The van der Waals surface area contributed by atoms with Crippen molar-refractivity contribution < 1.29 is 9.53 Å². The molecule has 1 aromatic carbocycles. The second kappa shape index (κ2) is 6.65. The average Bonchev–Trinajstić information content (AvgIpc) is 2.91. The summed E-state index contributed by atoms with van der Waals surface area (Å²) in [6.07, 6.45) is 1.15. The van der Waals surface area contributed by atoms with Crippen LogP contribution in [0.4, 0.5) is 5.95 Å². The van der Waals surface area contributed by atoms with Gasteiger partial charge in [0.15, 0.2) is 0 Å². The molecule has 20 heavy (non-hydrogen) atoms. The van der Waals surface area contributed by atoms with Gasteiger partial charge in [-0.3, -0.25) is 10.1 Å². The zero-order valence-electron chi connectivity index (χ0n) is 11.5. The van der Waals surface area contributed by atoms with E-state index in [1.807, 2.05) is 31.2 Å². The second-order valence-corrected chi connectivity index (χ2v) is 4.61. The molecule has 0 saturated carbocycles. The van der Waals surface area contributed by atoms with Crippen LogP contribution in [0.25, 0.3) is 0 Å². The van der Waals surface area contributed by atoms with Crippen molar-refractivity contribution in [2.45, 2.75) is 19.8 Å². The van der Waals surface area contributed by atoms with Crippen LogP contribution in [-0.4, -0.2) is 33.6 Å². The SMILES string of the molecule is COc1ccccc1C[C@H](C)CC(=O)Nc1nn[nH]n1. The molecule has 2 rings (SSSR count). The Morgan fingerprint density at radius 2 is 2.25 bits per heavy atom. The predicted octanol–water partition coefficient (Wildman–Crippen LogP) is 1.42. The van der Waals surface area contributed by atoms with E-state index in [1.54, 1.807) is 7.11 Å². The molecule has 0 aliphatic rings. The quantitative estimate of drug-likeness (QED) is 0.831. The van der Waals surface area contributed by atoms with Gasteiger partial charge in [-0.2, -0.15) is 5.21 Å². The molecule has 106 valence electrons. The van der Waals surface area contributed by atoms with Crippen LogP contribution in [0.15, 0.2) is 24.3 Å². The van der Waals surface area contributed by atoms with Crippen LogP contribution in [0.2, 0.25) is 0 Å². The molecule has 2 aromatic rings. The summed E-state index contributed by atoms with van der Waals surface area (Å²) in [7, 11) is 1.65. The number of anilines is 1. The topological polar surface area (TPSA) is 92.8 Å². The second-order valence-electron chi connectivity index (χ2n) is 4.61. The maximum absolute atomic E-state index is 11.8. The lowest BCUT2D eigenvalue weighted by Gasteiger charge is -2.13. The van der Waals surface area contributed by atoms with Crippen molar-refractivity contribution in [3.63, 3.8) is 0 Å². The van der Waals surface area contributed by atoms with Crippen LogP contribution in [0.5, 0.6) is 5.75 Å². The molecule has 0 aliphatic carbocycles. The van der Waals surface area contributed by atoms with Crippen LogP contribution >= 0.6 is 0 Å². The van der Waals surface area contributed by atoms with Crippen molar-refractivity contribution in [2.75, 3.05) is 12.4 Å². The number of para-hydroxylation sites is 1. The highest BCUT2D eigenvalue weighted by Gasteiger charge is 2.13. The van der Waals surface area contributed by atoms with Gasteiger partial charge in [-0.25, -0.2) is 0 Å². The van der Waals surface area contributed by atoms with Crippen LogP contribution in [0.1, 0.15) is 18.9 Å². The third kappa shape index (κ3) is 3.78. The Labute approximate surface area is 116 Å². The number of carbonyl (C=O) groups excluding carboxylic acids is 1. The summed E-state index contributed by atoms with van der Waals surface area (Å²) >= 11 is 0. The van der Waals surface area contributed by atoms with Gasteiger partial charge in [0.2, 0.25) is 5.91 Å². The lowest BCUT2D eigenvalue weighted by atomic mass is 9.97. The molecule has 0 saturated heterocycles. The lowest BCUT2D eigenvalue weighted by Crippen LogP contribution is -2.17. The third-order valence-electron chi connectivity index (χ3n) is 2.89. The largest absolute Gasteiger partial charge is 0.496 e. The van der Waals surface area contributed by atoms with Crippen molar-refractivity contribution in [3.05, 3.63) is 29.8 Å². The van der Waals surface area contributed by atoms with E-state index in [-0.39, 0.29) is 17.8 Å². The Bertz CT molecular complexity index is 556. The van der Waals surface area contributed by atoms with E-state index >= 15 is 0 Å². The van der Waals surface area contributed by atoms with Gasteiger partial charge in [0, 0.05) is 6.42 Å². The number of hydrogen-bond acceptors (Lipinski definition) is 5. The molecule has 1 atom stereocenters. The molecule has 0 fully saturated rings. The Balaban J connectivity index is 1.88. The Morgan fingerprint density at radius 3 is 2.95 bits per heavy atom. The van der Waals surface area contributed by atoms with Gasteiger partial charge in [-0.15, -0.1) is 5.10 Å². The van der Waals surface area contributed by atoms with Gasteiger partial charge in [0.1, 0.15) is 5.75 Å². The molecular weight excluding hydrogens is 258 g/mol. The summed E-state index contributed by atoms with van der Waals surface area (Å²) in [5, 5.41) is 15.6. The number of carbonyl (C=O) groups is 1. The van der Waals surface area contributed by atoms with E-state index in [0.29, 0.717) is 6.42 Å². The van der Waals surface area contributed by atoms with Crippen molar-refractivity contribution in [1.82, 2.24) is 20.6 Å². The first-order chi connectivity index (χ1) is 9.69. The summed E-state index contributed by atoms with van der Waals surface area (Å²) in [6, 6.07) is 7.81. The number of nitrogens with one attached hydrogen (secondary N) is 2. The van der Waals surface area contributed by atoms with Crippen molar-refractivity contribution >= 4 is 11.9 Å². The van der Waals surface area contributed by atoms with E-state index in [2.05, 4.69) is 25.9 Å². The van der Waals surface area contributed by atoms with Gasteiger partial charge < -0.3 is 4.74 Å². The maximum Gasteiger partial charge on any atom is 0.269 e. The zero-order valence-corrected chi connectivity index (χ0v) is 11.5. The highest BCUT2D eigenvalue weighted by Crippen LogP contribution is 2.22. The number of tetrazole rings is 1. The number of benzene rings is 1. The lowest BCUT2D eigenvalue weighted by molar-refractivity contribution is -0.117. The van der Waals surface area contributed by atoms with Crippen molar-refractivity contribution in [1.29, 1.82) is 0 Å². The minimum atomic E-state index is -0.131. The summed E-state index contributed by atoms with van der Waals surface area (Å²) in [5.74, 6) is 1.09. The Morgan fingerprint density at radius 1 is 1.45 bits per heavy atom. The predicted molar refractivity (Wildman–Crippen MR) is 73.3 cm³/mol. The van der Waals surface area contributed by atoms with Crippen molar-refractivity contribution in [2.24, 2.45) is 5.92 Å². The van der Waals surface area contributed by atoms with Crippen LogP contribution < -0.4 is 10.1 Å². The number of rotatable bonds is 6. The molecule has 1 amide bonds. The number of H-pyrrole nitrogens is 1. The molecule has 7 heteroatoms. The third-order valence-corrected chi connectivity index (χ3v) is 2.89. The fourth-order valence-electron chi connectivity index (χ4n) is 2.03. The summed E-state index contributed by atoms with van der Waals surface area (Å²) in [4.78, 5) is 11.8. The molecular formula is C13H17N5O2. The monoisotopic (exact) mass is 275 g/mol. The van der Waals surface area contributed by atoms with Gasteiger partial charge in [0.25, 0.3) is 5.95 Å². The molecule has 0 bridgehead atoms. The summed E-state index contributed by atoms with van der Waals surface area (Å²) in [5.41, 5.74) is 1.09. The molecule has 0 radical (unpaired) electrons. The summed E-state index contributed by atoms with van der Waals surface area (Å²) in [6.45, 7) is 2.02. The van der Waals surface area contributed by atoms with E-state index in [4.69, 9.17) is 4.74 Å². The van der Waals surface area contributed by atoms with E-state index in [0.717, 1.165) is 17.7 Å². The summed E-state index contributed by atoms with van der Waals surface area (Å²) < 4.78 is 5.30. The molecule has 1 aromatic heterocycles. The highest BCUT2D eigenvalue weighted by atomic mass is 16.5. The molecule has 7 nitrogen and oxygen atoms in total. The molecule has 0 unspecified atom stereocenters. The fourth-order valence-corrected chi connectivity index (χ4v) is 2.03. The van der Waals surface area contributed by atoms with Gasteiger partial charge in [-0.05, 0) is 29.2 Å². The smallest absolute Gasteiger partial charge is 0.269 e. The van der Waals surface area contributed by atoms with E-state index < -0.39 is 0 Å². The number of methoxy groups -OCH3 is 1. The van der Waals surface area contributed by atoms with Gasteiger partial charge >= 0.3 is 0 Å². The standard InChI is InChI=1S/C13H17N5O2/c1-9(7-10-5-3-4-6-11(10)20-2)8-12(19)14-13-15-17-18-16-13/h3-6,9H,7-8H2,1-2H3,(H2,14,15,16,17,18,19)/t9-/m0/s1. The minimum absolute atomic E-state index is 0.131. The van der Waals surface area contributed by atoms with Gasteiger partial charge in [-0.1, -0.05) is 30.2 Å². The first kappa shape index (κ1) is 14.0. The molecule has 2 N–H and O–H groups in total.